The van der Waals surface area contributed by atoms with Crippen LogP contribution in [0.15, 0.2) is 18.5 Å². The molecule has 1 atom stereocenters. The molecule has 2 N–H and O–H groups in total. The third-order valence-corrected chi connectivity index (χ3v) is 4.01. The van der Waals surface area contributed by atoms with E-state index in [0.717, 1.165) is 40.5 Å². The first-order chi connectivity index (χ1) is 9.58. The molecule has 2 rings (SSSR count). The summed E-state index contributed by atoms with van der Waals surface area (Å²) in [5.74, 6) is 0. The van der Waals surface area contributed by atoms with Crippen molar-refractivity contribution in [3.63, 3.8) is 0 Å². The maximum absolute atomic E-state index is 6.43. The fraction of sp³-hybridized carbons (Fsp3) is 0.467. The predicted octanol–water partition coefficient (Wildman–Crippen LogP) is 3.06. The van der Waals surface area contributed by atoms with Crippen molar-refractivity contribution in [2.45, 2.75) is 46.2 Å². The Labute approximate surface area is 125 Å². The van der Waals surface area contributed by atoms with Gasteiger partial charge in [0.2, 0.25) is 0 Å². The van der Waals surface area contributed by atoms with Crippen LogP contribution in [0.5, 0.6) is 0 Å². The summed E-state index contributed by atoms with van der Waals surface area (Å²) in [5, 5.41) is 5.29. The summed E-state index contributed by atoms with van der Waals surface area (Å²) < 4.78 is 1.96. The highest BCUT2D eigenvalue weighted by atomic mass is 35.5. The van der Waals surface area contributed by atoms with Crippen molar-refractivity contribution in [1.82, 2.24) is 14.8 Å². The summed E-state index contributed by atoms with van der Waals surface area (Å²) in [4.78, 5) is 4.10. The Morgan fingerprint density at radius 3 is 2.75 bits per heavy atom. The lowest BCUT2D eigenvalue weighted by Gasteiger charge is -2.15. The van der Waals surface area contributed by atoms with E-state index in [-0.39, 0.29) is 6.04 Å². The SMILES string of the molecule is CCc1nn(CC)c(CC(N)c2ccncc2C)c1Cl. The molecule has 0 saturated heterocycles. The van der Waals surface area contributed by atoms with Crippen molar-refractivity contribution >= 4 is 11.6 Å². The lowest BCUT2D eigenvalue weighted by molar-refractivity contribution is 0.584. The number of nitrogens with two attached hydrogens (primary N) is 1. The number of hydrogen-bond acceptors (Lipinski definition) is 3. The Morgan fingerprint density at radius 1 is 1.40 bits per heavy atom. The van der Waals surface area contributed by atoms with Crippen molar-refractivity contribution in [3.05, 3.63) is 46.0 Å². The maximum atomic E-state index is 6.43. The molecule has 0 aliphatic rings. The number of hydrogen-bond donors (Lipinski definition) is 1. The van der Waals surface area contributed by atoms with Gasteiger partial charge in [-0.25, -0.2) is 0 Å². The standard InChI is InChI=1S/C15H21ClN4/c1-4-13-15(16)14(20(5-2)19-13)8-12(17)11-6-7-18-9-10(11)3/h6-7,9,12H,4-5,8,17H2,1-3H3. The molecule has 0 aromatic carbocycles. The molecule has 0 aliphatic carbocycles. The molecule has 0 spiro atoms. The summed E-state index contributed by atoms with van der Waals surface area (Å²) in [7, 11) is 0. The number of aryl methyl sites for hydroxylation is 3. The largest absolute Gasteiger partial charge is 0.324 e. The molecule has 0 fully saturated rings. The molecule has 108 valence electrons. The molecule has 4 nitrogen and oxygen atoms in total. The van der Waals surface area contributed by atoms with E-state index in [1.807, 2.05) is 23.9 Å². The van der Waals surface area contributed by atoms with Gasteiger partial charge in [-0.2, -0.15) is 5.10 Å². The number of nitrogens with zero attached hydrogens (tertiary/aromatic N) is 3. The number of pyridine rings is 1. The van der Waals surface area contributed by atoms with Crippen LogP contribution in [0.1, 0.15) is 42.4 Å². The summed E-state index contributed by atoms with van der Waals surface area (Å²) in [5.41, 5.74) is 10.5. The van der Waals surface area contributed by atoms with Crippen LogP contribution in [0.2, 0.25) is 5.02 Å². The fourth-order valence-corrected chi connectivity index (χ4v) is 2.78. The van der Waals surface area contributed by atoms with E-state index in [1.165, 1.54) is 0 Å². The quantitative estimate of drug-likeness (QED) is 0.921. The number of rotatable bonds is 5. The minimum atomic E-state index is -0.0952. The highest BCUT2D eigenvalue weighted by Crippen LogP contribution is 2.26. The van der Waals surface area contributed by atoms with Gasteiger partial charge in [0, 0.05) is 31.4 Å². The van der Waals surface area contributed by atoms with E-state index in [2.05, 4.69) is 23.9 Å². The van der Waals surface area contributed by atoms with Gasteiger partial charge in [-0.05, 0) is 37.5 Å². The van der Waals surface area contributed by atoms with Gasteiger partial charge in [-0.1, -0.05) is 18.5 Å². The molecule has 1 unspecified atom stereocenters. The van der Waals surface area contributed by atoms with Crippen LogP contribution in [0.3, 0.4) is 0 Å². The average Bonchev–Trinajstić information content (AvgIpc) is 2.75. The maximum Gasteiger partial charge on any atom is 0.0850 e. The van der Waals surface area contributed by atoms with Gasteiger partial charge in [-0.3, -0.25) is 9.67 Å². The molecule has 2 heterocycles. The summed E-state index contributed by atoms with van der Waals surface area (Å²) >= 11 is 6.43. The Kier molecular flexibility index (Phi) is 4.78. The normalized spacial score (nSPS) is 12.7. The Balaban J connectivity index is 2.30. The van der Waals surface area contributed by atoms with Crippen LogP contribution >= 0.6 is 11.6 Å². The van der Waals surface area contributed by atoms with Crippen molar-refractivity contribution in [2.75, 3.05) is 0 Å². The molecule has 0 radical (unpaired) electrons. The van der Waals surface area contributed by atoms with Crippen LogP contribution in [0, 0.1) is 6.92 Å². The first kappa shape index (κ1) is 15.0. The van der Waals surface area contributed by atoms with E-state index in [1.54, 1.807) is 6.20 Å². The summed E-state index contributed by atoms with van der Waals surface area (Å²) in [6.07, 6.45) is 5.14. The second-order valence-electron chi connectivity index (χ2n) is 4.92. The minimum Gasteiger partial charge on any atom is -0.324 e. The first-order valence-corrected chi connectivity index (χ1v) is 7.36. The van der Waals surface area contributed by atoms with Gasteiger partial charge in [0.15, 0.2) is 0 Å². The Hall–Kier alpha value is -1.39. The zero-order valence-corrected chi connectivity index (χ0v) is 13.0. The lowest BCUT2D eigenvalue weighted by atomic mass is 10.00. The van der Waals surface area contributed by atoms with E-state index >= 15 is 0 Å². The average molecular weight is 293 g/mol. The third kappa shape index (κ3) is 2.86. The van der Waals surface area contributed by atoms with Gasteiger partial charge >= 0.3 is 0 Å². The Bertz CT molecular complexity index is 592. The first-order valence-electron chi connectivity index (χ1n) is 6.98. The van der Waals surface area contributed by atoms with Crippen LogP contribution < -0.4 is 5.73 Å². The van der Waals surface area contributed by atoms with E-state index in [9.17, 15) is 0 Å². The van der Waals surface area contributed by atoms with Crippen molar-refractivity contribution in [2.24, 2.45) is 5.73 Å². The van der Waals surface area contributed by atoms with Crippen LogP contribution in [0.25, 0.3) is 0 Å². The van der Waals surface area contributed by atoms with E-state index < -0.39 is 0 Å². The van der Waals surface area contributed by atoms with Crippen LogP contribution in [-0.2, 0) is 19.4 Å². The summed E-state index contributed by atoms with van der Waals surface area (Å²) in [6.45, 7) is 6.95. The predicted molar refractivity (Wildman–Crippen MR) is 81.9 cm³/mol. The molecule has 20 heavy (non-hydrogen) atoms. The second kappa shape index (κ2) is 6.37. The molecule has 0 aliphatic heterocycles. The van der Waals surface area contributed by atoms with Crippen molar-refractivity contribution < 1.29 is 0 Å². The highest BCUT2D eigenvalue weighted by molar-refractivity contribution is 6.31. The number of aromatic nitrogens is 3. The summed E-state index contributed by atoms with van der Waals surface area (Å²) in [6, 6.07) is 1.88. The van der Waals surface area contributed by atoms with Crippen LogP contribution in [0.4, 0.5) is 0 Å². The molecule has 2 aromatic rings. The number of halogens is 1. The third-order valence-electron chi connectivity index (χ3n) is 3.57. The van der Waals surface area contributed by atoms with Gasteiger partial charge in [0.1, 0.15) is 0 Å². The van der Waals surface area contributed by atoms with Gasteiger partial charge in [0.25, 0.3) is 0 Å². The van der Waals surface area contributed by atoms with Gasteiger partial charge < -0.3 is 5.73 Å². The second-order valence-corrected chi connectivity index (χ2v) is 5.30. The molecule has 5 heteroatoms. The molecular formula is C15H21ClN4. The van der Waals surface area contributed by atoms with Crippen molar-refractivity contribution in [3.8, 4) is 0 Å². The smallest absolute Gasteiger partial charge is 0.0850 e. The lowest BCUT2D eigenvalue weighted by Crippen LogP contribution is -2.17. The van der Waals surface area contributed by atoms with Crippen molar-refractivity contribution in [1.29, 1.82) is 0 Å². The van der Waals surface area contributed by atoms with Gasteiger partial charge in [-0.15, -0.1) is 0 Å². The zero-order valence-electron chi connectivity index (χ0n) is 12.2. The van der Waals surface area contributed by atoms with E-state index in [4.69, 9.17) is 17.3 Å². The highest BCUT2D eigenvalue weighted by Gasteiger charge is 2.18. The van der Waals surface area contributed by atoms with Gasteiger partial charge in [0.05, 0.1) is 16.4 Å². The molecule has 2 aromatic heterocycles. The minimum absolute atomic E-state index is 0.0952. The molecule has 0 saturated carbocycles. The van der Waals surface area contributed by atoms with Crippen LogP contribution in [-0.4, -0.2) is 14.8 Å². The molecular weight excluding hydrogens is 272 g/mol. The monoisotopic (exact) mass is 292 g/mol. The fourth-order valence-electron chi connectivity index (χ4n) is 2.43. The van der Waals surface area contributed by atoms with E-state index in [0.29, 0.717) is 6.42 Å². The Morgan fingerprint density at radius 2 is 2.15 bits per heavy atom. The zero-order chi connectivity index (χ0) is 14.7. The topological polar surface area (TPSA) is 56.7 Å². The molecule has 0 bridgehead atoms. The molecule has 0 amide bonds.